The minimum absolute atomic E-state index is 0.281. The van der Waals surface area contributed by atoms with E-state index in [9.17, 15) is 22.8 Å². The molecule has 3 aromatic rings. The van der Waals surface area contributed by atoms with Gasteiger partial charge in [-0.3, -0.25) is 14.9 Å². The molecular formula is C20H15F3N2O2S. The highest BCUT2D eigenvalue weighted by Crippen LogP contribution is 2.30. The number of hydrogen-bond acceptors (Lipinski definition) is 3. The number of hydrogen-bond donors (Lipinski definition) is 1. The standard InChI is InChI=1S/C20H15F3N2O2S/c21-20(22,23)14-6-4-12(5-7-14)11-25-9-8-15-13(2-1-3-16(15)25)10-17-18(26)24-19(27)28-17/h1-9,17H,10-11H2,(H,24,26,27). The third-order valence-electron chi connectivity index (χ3n) is 4.71. The SMILES string of the molecule is O=C1NC(=O)C(Cc2cccc3c2ccn3Cc2ccc(C(F)(F)F)cc2)S1. The van der Waals surface area contributed by atoms with E-state index < -0.39 is 17.0 Å². The predicted octanol–water partition coefficient (Wildman–Crippen LogP) is 4.60. The van der Waals surface area contributed by atoms with Crippen LogP contribution in [0, 0.1) is 0 Å². The molecule has 1 N–H and O–H groups in total. The van der Waals surface area contributed by atoms with Gasteiger partial charge in [0.1, 0.15) is 0 Å². The number of aromatic nitrogens is 1. The molecule has 0 spiro atoms. The number of imide groups is 1. The quantitative estimate of drug-likeness (QED) is 0.691. The molecule has 0 radical (unpaired) electrons. The Kier molecular flexibility index (Phi) is 4.66. The number of nitrogens with zero attached hydrogens (tertiary/aromatic N) is 1. The molecule has 4 rings (SSSR count). The van der Waals surface area contributed by atoms with Crippen LogP contribution in [0.3, 0.4) is 0 Å². The number of benzene rings is 2. The van der Waals surface area contributed by atoms with Crippen molar-refractivity contribution in [2.75, 3.05) is 0 Å². The summed E-state index contributed by atoms with van der Waals surface area (Å²) >= 11 is 0.991. The second kappa shape index (κ2) is 7.01. The lowest BCUT2D eigenvalue weighted by Gasteiger charge is -2.10. The third kappa shape index (κ3) is 3.64. The smallest absolute Gasteiger partial charge is 0.343 e. The van der Waals surface area contributed by atoms with Gasteiger partial charge in [0.2, 0.25) is 5.91 Å². The number of rotatable bonds is 4. The van der Waals surface area contributed by atoms with Gasteiger partial charge in [0.05, 0.1) is 10.8 Å². The van der Waals surface area contributed by atoms with Crippen molar-refractivity contribution in [1.82, 2.24) is 9.88 Å². The molecule has 1 atom stereocenters. The van der Waals surface area contributed by atoms with E-state index in [0.717, 1.165) is 45.9 Å². The summed E-state index contributed by atoms with van der Waals surface area (Å²) < 4.78 is 40.1. The highest BCUT2D eigenvalue weighted by atomic mass is 32.2. The number of alkyl halides is 3. The number of carbonyl (C=O) groups excluding carboxylic acids is 2. The summed E-state index contributed by atoms with van der Waals surface area (Å²) in [6, 6.07) is 12.8. The molecule has 0 saturated carbocycles. The summed E-state index contributed by atoms with van der Waals surface area (Å²) in [6.45, 7) is 0.433. The van der Waals surface area contributed by atoms with Crippen molar-refractivity contribution in [2.45, 2.75) is 24.4 Å². The Balaban J connectivity index is 1.58. The Morgan fingerprint density at radius 1 is 1.04 bits per heavy atom. The van der Waals surface area contributed by atoms with Gasteiger partial charge < -0.3 is 4.57 Å². The summed E-state index contributed by atoms with van der Waals surface area (Å²) in [5.41, 5.74) is 1.96. The van der Waals surface area contributed by atoms with Crippen molar-refractivity contribution in [3.63, 3.8) is 0 Å². The number of carbonyl (C=O) groups is 2. The van der Waals surface area contributed by atoms with Crippen LogP contribution in [-0.4, -0.2) is 21.0 Å². The molecular weight excluding hydrogens is 389 g/mol. The van der Waals surface area contributed by atoms with E-state index in [-0.39, 0.29) is 11.1 Å². The van der Waals surface area contributed by atoms with Crippen LogP contribution >= 0.6 is 11.8 Å². The molecule has 4 nitrogen and oxygen atoms in total. The highest BCUT2D eigenvalue weighted by Gasteiger charge is 2.32. The average Bonchev–Trinajstić information content (AvgIpc) is 3.18. The zero-order valence-electron chi connectivity index (χ0n) is 14.5. The van der Waals surface area contributed by atoms with Crippen molar-refractivity contribution < 1.29 is 22.8 Å². The summed E-state index contributed by atoms with van der Waals surface area (Å²) in [5.74, 6) is -0.281. The summed E-state index contributed by atoms with van der Waals surface area (Å²) in [6.07, 6.45) is -2.04. The lowest BCUT2D eigenvalue weighted by molar-refractivity contribution is -0.137. The van der Waals surface area contributed by atoms with Crippen LogP contribution in [0.15, 0.2) is 54.7 Å². The van der Waals surface area contributed by atoms with E-state index in [1.165, 1.54) is 12.1 Å². The van der Waals surface area contributed by atoms with Crippen molar-refractivity contribution >= 4 is 33.8 Å². The van der Waals surface area contributed by atoms with Gasteiger partial charge in [-0.05, 0) is 41.8 Å². The molecule has 2 heterocycles. The van der Waals surface area contributed by atoms with Crippen LogP contribution in [0.25, 0.3) is 10.9 Å². The Morgan fingerprint density at radius 3 is 2.43 bits per heavy atom. The Morgan fingerprint density at radius 2 is 1.79 bits per heavy atom. The topological polar surface area (TPSA) is 51.1 Å². The second-order valence-electron chi connectivity index (χ2n) is 6.58. The molecule has 0 aliphatic carbocycles. The van der Waals surface area contributed by atoms with Crippen LogP contribution in [-0.2, 0) is 23.9 Å². The maximum atomic E-state index is 12.7. The third-order valence-corrected chi connectivity index (χ3v) is 5.69. The summed E-state index contributed by atoms with van der Waals surface area (Å²) in [4.78, 5) is 23.2. The van der Waals surface area contributed by atoms with Gasteiger partial charge in [-0.2, -0.15) is 13.2 Å². The number of nitrogens with one attached hydrogen (secondary N) is 1. The zero-order valence-corrected chi connectivity index (χ0v) is 15.3. The van der Waals surface area contributed by atoms with E-state index in [1.807, 2.05) is 35.0 Å². The molecule has 1 fully saturated rings. The van der Waals surface area contributed by atoms with Crippen molar-refractivity contribution in [2.24, 2.45) is 0 Å². The van der Waals surface area contributed by atoms with Gasteiger partial charge in [-0.15, -0.1) is 0 Å². The van der Waals surface area contributed by atoms with Gasteiger partial charge in [-0.25, -0.2) is 0 Å². The van der Waals surface area contributed by atoms with Gasteiger partial charge in [-0.1, -0.05) is 36.0 Å². The first-order valence-corrected chi connectivity index (χ1v) is 9.43. The second-order valence-corrected chi connectivity index (χ2v) is 7.75. The summed E-state index contributed by atoms with van der Waals surface area (Å²) in [7, 11) is 0. The van der Waals surface area contributed by atoms with E-state index in [2.05, 4.69) is 5.32 Å². The lowest BCUT2D eigenvalue weighted by atomic mass is 10.0. The number of fused-ring (bicyclic) bond motifs is 1. The number of halogens is 3. The van der Waals surface area contributed by atoms with E-state index >= 15 is 0 Å². The Labute approximate surface area is 162 Å². The fraction of sp³-hybridized carbons (Fsp3) is 0.200. The largest absolute Gasteiger partial charge is 0.416 e. The number of thioether (sulfide) groups is 1. The summed E-state index contributed by atoms with van der Waals surface area (Å²) in [5, 5.41) is 2.47. The molecule has 144 valence electrons. The highest BCUT2D eigenvalue weighted by molar-refractivity contribution is 8.15. The fourth-order valence-electron chi connectivity index (χ4n) is 3.33. The van der Waals surface area contributed by atoms with Gasteiger partial charge in [0, 0.05) is 23.6 Å². The molecule has 2 amide bonds. The molecule has 2 aromatic carbocycles. The van der Waals surface area contributed by atoms with Crippen molar-refractivity contribution in [3.8, 4) is 0 Å². The molecule has 8 heteroatoms. The van der Waals surface area contributed by atoms with Gasteiger partial charge in [0.15, 0.2) is 0 Å². The van der Waals surface area contributed by atoms with Crippen molar-refractivity contribution in [1.29, 1.82) is 0 Å². The molecule has 1 saturated heterocycles. The molecule has 1 unspecified atom stereocenters. The lowest BCUT2D eigenvalue weighted by Crippen LogP contribution is -2.25. The van der Waals surface area contributed by atoms with Crippen LogP contribution in [0.1, 0.15) is 16.7 Å². The van der Waals surface area contributed by atoms with Crippen LogP contribution in [0.4, 0.5) is 18.0 Å². The number of amides is 2. The van der Waals surface area contributed by atoms with Crippen LogP contribution in [0.2, 0.25) is 0 Å². The average molecular weight is 404 g/mol. The van der Waals surface area contributed by atoms with Crippen LogP contribution in [0.5, 0.6) is 0 Å². The molecule has 28 heavy (non-hydrogen) atoms. The first-order valence-electron chi connectivity index (χ1n) is 8.55. The molecule has 1 aromatic heterocycles. The van der Waals surface area contributed by atoms with Crippen LogP contribution < -0.4 is 5.32 Å². The zero-order chi connectivity index (χ0) is 19.9. The minimum Gasteiger partial charge on any atom is -0.343 e. The molecule has 1 aliphatic heterocycles. The normalized spacial score (nSPS) is 17.3. The first kappa shape index (κ1) is 18.6. The van der Waals surface area contributed by atoms with Gasteiger partial charge in [0.25, 0.3) is 5.24 Å². The Hall–Kier alpha value is -2.74. The minimum atomic E-state index is -4.35. The van der Waals surface area contributed by atoms with E-state index in [4.69, 9.17) is 0 Å². The molecule has 0 bridgehead atoms. The monoisotopic (exact) mass is 404 g/mol. The van der Waals surface area contributed by atoms with Crippen molar-refractivity contribution in [3.05, 3.63) is 71.4 Å². The Bertz CT molecular complexity index is 1060. The maximum absolute atomic E-state index is 12.7. The van der Waals surface area contributed by atoms with E-state index in [1.54, 1.807) is 0 Å². The fourth-order valence-corrected chi connectivity index (χ4v) is 4.17. The first-order chi connectivity index (χ1) is 13.3. The maximum Gasteiger partial charge on any atom is 0.416 e. The molecule has 1 aliphatic rings. The van der Waals surface area contributed by atoms with E-state index in [0.29, 0.717) is 13.0 Å². The van der Waals surface area contributed by atoms with Gasteiger partial charge >= 0.3 is 6.18 Å². The predicted molar refractivity (Wildman–Crippen MR) is 101 cm³/mol.